The van der Waals surface area contributed by atoms with Crippen LogP contribution in [0.3, 0.4) is 0 Å². The van der Waals surface area contributed by atoms with E-state index >= 15 is 0 Å². The summed E-state index contributed by atoms with van der Waals surface area (Å²) >= 11 is 0. The summed E-state index contributed by atoms with van der Waals surface area (Å²) in [4.78, 5) is 12.0. The first-order chi connectivity index (χ1) is 9.16. The number of benzene rings is 2. The van der Waals surface area contributed by atoms with E-state index in [9.17, 15) is 4.79 Å². The number of para-hydroxylation sites is 1. The molecule has 0 radical (unpaired) electrons. The van der Waals surface area contributed by atoms with E-state index in [4.69, 9.17) is 5.73 Å². The SMILES string of the molecule is Cc1ccccc1NCCC(=O)c1cccc(N)c1. The van der Waals surface area contributed by atoms with Crippen LogP contribution in [-0.4, -0.2) is 12.3 Å². The van der Waals surface area contributed by atoms with Crippen molar-refractivity contribution in [2.45, 2.75) is 13.3 Å². The van der Waals surface area contributed by atoms with E-state index < -0.39 is 0 Å². The van der Waals surface area contributed by atoms with Crippen LogP contribution in [0.25, 0.3) is 0 Å². The smallest absolute Gasteiger partial charge is 0.164 e. The molecular weight excluding hydrogens is 236 g/mol. The molecule has 3 nitrogen and oxygen atoms in total. The third kappa shape index (κ3) is 3.58. The molecule has 3 N–H and O–H groups in total. The van der Waals surface area contributed by atoms with Gasteiger partial charge in [0.2, 0.25) is 0 Å². The maximum Gasteiger partial charge on any atom is 0.164 e. The molecule has 0 atom stereocenters. The monoisotopic (exact) mass is 254 g/mol. The predicted octanol–water partition coefficient (Wildman–Crippen LogP) is 3.26. The van der Waals surface area contributed by atoms with Crippen molar-refractivity contribution in [3.8, 4) is 0 Å². The van der Waals surface area contributed by atoms with Gasteiger partial charge in [-0.3, -0.25) is 4.79 Å². The maximum atomic E-state index is 12.0. The number of aryl methyl sites for hydroxylation is 1. The summed E-state index contributed by atoms with van der Waals surface area (Å²) in [6.07, 6.45) is 0.456. The number of ketones is 1. The summed E-state index contributed by atoms with van der Waals surface area (Å²) < 4.78 is 0. The van der Waals surface area contributed by atoms with Crippen LogP contribution in [0, 0.1) is 6.92 Å². The average molecular weight is 254 g/mol. The Kier molecular flexibility index (Phi) is 4.18. The van der Waals surface area contributed by atoms with Crippen LogP contribution in [0.15, 0.2) is 48.5 Å². The Hall–Kier alpha value is -2.29. The fourth-order valence-electron chi connectivity index (χ4n) is 1.94. The molecule has 0 bridgehead atoms. The number of hydrogen-bond donors (Lipinski definition) is 2. The Balaban J connectivity index is 1.90. The summed E-state index contributed by atoms with van der Waals surface area (Å²) in [7, 11) is 0. The van der Waals surface area contributed by atoms with Crippen molar-refractivity contribution in [1.29, 1.82) is 0 Å². The number of carbonyl (C=O) groups is 1. The van der Waals surface area contributed by atoms with Crippen LogP contribution in [0.1, 0.15) is 22.3 Å². The van der Waals surface area contributed by atoms with Gasteiger partial charge in [-0.2, -0.15) is 0 Å². The molecule has 19 heavy (non-hydrogen) atoms. The van der Waals surface area contributed by atoms with Crippen molar-refractivity contribution in [2.75, 3.05) is 17.6 Å². The molecule has 0 saturated carbocycles. The number of carbonyl (C=O) groups excluding carboxylic acids is 1. The zero-order chi connectivity index (χ0) is 13.7. The molecule has 0 unspecified atom stereocenters. The standard InChI is InChI=1S/C16H18N2O/c1-12-5-2-3-8-15(12)18-10-9-16(19)13-6-4-7-14(17)11-13/h2-8,11,18H,9-10,17H2,1H3. The topological polar surface area (TPSA) is 55.1 Å². The van der Waals surface area contributed by atoms with Gasteiger partial charge in [0, 0.05) is 29.9 Å². The van der Waals surface area contributed by atoms with Gasteiger partial charge in [-0.1, -0.05) is 30.3 Å². The number of Topliss-reactive ketones (excluding diaryl/α,β-unsaturated/α-hetero) is 1. The van der Waals surface area contributed by atoms with Gasteiger partial charge < -0.3 is 11.1 Å². The fourth-order valence-corrected chi connectivity index (χ4v) is 1.94. The van der Waals surface area contributed by atoms with Crippen molar-refractivity contribution in [3.05, 3.63) is 59.7 Å². The Morgan fingerprint density at radius 2 is 1.95 bits per heavy atom. The van der Waals surface area contributed by atoms with Crippen molar-refractivity contribution < 1.29 is 4.79 Å². The molecule has 0 heterocycles. The van der Waals surface area contributed by atoms with Crippen molar-refractivity contribution >= 4 is 17.2 Å². The molecule has 0 aromatic heterocycles. The summed E-state index contributed by atoms with van der Waals surface area (Å²) in [5, 5.41) is 3.28. The highest BCUT2D eigenvalue weighted by molar-refractivity contribution is 5.97. The summed E-state index contributed by atoms with van der Waals surface area (Å²) in [6, 6.07) is 15.1. The molecule has 0 amide bonds. The molecule has 98 valence electrons. The molecule has 2 aromatic rings. The lowest BCUT2D eigenvalue weighted by molar-refractivity contribution is 0.0986. The first kappa shape index (κ1) is 13.1. The number of nitrogens with one attached hydrogen (secondary N) is 1. The molecule has 0 aliphatic rings. The van der Waals surface area contributed by atoms with Crippen LogP contribution in [0.2, 0.25) is 0 Å². The van der Waals surface area contributed by atoms with Crippen molar-refractivity contribution in [1.82, 2.24) is 0 Å². The highest BCUT2D eigenvalue weighted by Gasteiger charge is 2.05. The zero-order valence-corrected chi connectivity index (χ0v) is 11.0. The van der Waals surface area contributed by atoms with Gasteiger partial charge in [0.1, 0.15) is 0 Å². The lowest BCUT2D eigenvalue weighted by Crippen LogP contribution is -2.09. The Bertz CT molecular complexity index is 578. The lowest BCUT2D eigenvalue weighted by Gasteiger charge is -2.08. The molecule has 0 fully saturated rings. The van der Waals surface area contributed by atoms with Gasteiger partial charge in [-0.05, 0) is 30.7 Å². The highest BCUT2D eigenvalue weighted by atomic mass is 16.1. The minimum atomic E-state index is 0.105. The van der Waals surface area contributed by atoms with Gasteiger partial charge >= 0.3 is 0 Å². The molecule has 0 aliphatic carbocycles. The average Bonchev–Trinajstić information content (AvgIpc) is 2.41. The van der Waals surface area contributed by atoms with Gasteiger partial charge in [0.25, 0.3) is 0 Å². The first-order valence-electron chi connectivity index (χ1n) is 6.35. The zero-order valence-electron chi connectivity index (χ0n) is 11.0. The molecule has 0 spiro atoms. The van der Waals surface area contributed by atoms with E-state index in [1.54, 1.807) is 24.3 Å². The number of nitrogen functional groups attached to an aromatic ring is 1. The van der Waals surface area contributed by atoms with Crippen LogP contribution >= 0.6 is 0 Å². The normalized spacial score (nSPS) is 10.2. The summed E-state index contributed by atoms with van der Waals surface area (Å²) in [6.45, 7) is 2.67. The molecule has 2 aromatic carbocycles. The minimum absolute atomic E-state index is 0.105. The molecule has 0 aliphatic heterocycles. The Morgan fingerprint density at radius 1 is 1.16 bits per heavy atom. The number of hydrogen-bond acceptors (Lipinski definition) is 3. The number of anilines is 2. The number of rotatable bonds is 5. The molecule has 3 heteroatoms. The van der Waals surface area contributed by atoms with E-state index in [2.05, 4.69) is 5.32 Å². The largest absolute Gasteiger partial charge is 0.399 e. The summed E-state index contributed by atoms with van der Waals surface area (Å²) in [5.41, 5.74) is 9.22. The third-order valence-electron chi connectivity index (χ3n) is 3.02. The van der Waals surface area contributed by atoms with Gasteiger partial charge in [0.15, 0.2) is 5.78 Å². The van der Waals surface area contributed by atoms with Crippen LogP contribution < -0.4 is 11.1 Å². The summed E-state index contributed by atoms with van der Waals surface area (Å²) in [5.74, 6) is 0.105. The molecular formula is C16H18N2O. The molecule has 0 saturated heterocycles. The molecule has 2 rings (SSSR count). The van der Waals surface area contributed by atoms with E-state index in [0.717, 1.165) is 5.69 Å². The van der Waals surface area contributed by atoms with Crippen molar-refractivity contribution in [3.63, 3.8) is 0 Å². The lowest BCUT2D eigenvalue weighted by atomic mass is 10.1. The van der Waals surface area contributed by atoms with E-state index in [1.165, 1.54) is 5.56 Å². The highest BCUT2D eigenvalue weighted by Crippen LogP contribution is 2.14. The van der Waals surface area contributed by atoms with E-state index in [-0.39, 0.29) is 5.78 Å². The predicted molar refractivity (Wildman–Crippen MR) is 79.5 cm³/mol. The maximum absolute atomic E-state index is 12.0. The second-order valence-electron chi connectivity index (χ2n) is 4.54. The second kappa shape index (κ2) is 6.05. The minimum Gasteiger partial charge on any atom is -0.399 e. The van der Waals surface area contributed by atoms with Gasteiger partial charge in [-0.25, -0.2) is 0 Å². The quantitative estimate of drug-likeness (QED) is 0.636. The van der Waals surface area contributed by atoms with E-state index in [0.29, 0.717) is 24.2 Å². The van der Waals surface area contributed by atoms with Crippen LogP contribution in [-0.2, 0) is 0 Å². The second-order valence-corrected chi connectivity index (χ2v) is 4.54. The van der Waals surface area contributed by atoms with E-state index in [1.807, 2.05) is 31.2 Å². The Morgan fingerprint density at radius 3 is 2.68 bits per heavy atom. The Labute approximate surface area is 113 Å². The van der Waals surface area contributed by atoms with Crippen LogP contribution in [0.4, 0.5) is 11.4 Å². The van der Waals surface area contributed by atoms with Crippen molar-refractivity contribution in [2.24, 2.45) is 0 Å². The van der Waals surface area contributed by atoms with Gasteiger partial charge in [0.05, 0.1) is 0 Å². The first-order valence-corrected chi connectivity index (χ1v) is 6.35. The van der Waals surface area contributed by atoms with Crippen LogP contribution in [0.5, 0.6) is 0 Å². The fraction of sp³-hybridized carbons (Fsp3) is 0.188. The van der Waals surface area contributed by atoms with Gasteiger partial charge in [-0.15, -0.1) is 0 Å². The number of nitrogens with two attached hydrogens (primary N) is 1. The third-order valence-corrected chi connectivity index (χ3v) is 3.02.